The predicted octanol–water partition coefficient (Wildman–Crippen LogP) is 4.11. The third kappa shape index (κ3) is 4.08. The average Bonchev–Trinajstić information content (AvgIpc) is 3.55. The summed E-state index contributed by atoms with van der Waals surface area (Å²) in [5.74, 6) is -0.329. The molecule has 0 bridgehead atoms. The Hall–Kier alpha value is -3.91. The first-order chi connectivity index (χ1) is 16.4. The molecule has 1 aliphatic rings. The zero-order valence-electron chi connectivity index (χ0n) is 18.6. The number of anilines is 1. The molecule has 0 aliphatic carbocycles. The Morgan fingerprint density at radius 1 is 1.03 bits per heavy atom. The molecule has 172 valence electrons. The van der Waals surface area contributed by atoms with E-state index in [1.807, 2.05) is 66.2 Å². The van der Waals surface area contributed by atoms with Crippen LogP contribution < -0.4 is 9.62 Å². The largest absolute Gasteiger partial charge is 0.346 e. The molecule has 7 nitrogen and oxygen atoms in total. The van der Waals surface area contributed by atoms with Crippen molar-refractivity contribution in [3.63, 3.8) is 0 Å². The summed E-state index contributed by atoms with van der Waals surface area (Å²) in [4.78, 5) is 17.1. The summed E-state index contributed by atoms with van der Waals surface area (Å²) < 4.78 is 30.0. The highest BCUT2D eigenvalue weighted by atomic mass is 32.2. The van der Waals surface area contributed by atoms with Crippen molar-refractivity contribution in [3.05, 3.63) is 108 Å². The molecule has 0 unspecified atom stereocenters. The van der Waals surface area contributed by atoms with Crippen LogP contribution in [0.2, 0.25) is 0 Å². The molecule has 1 atom stereocenters. The van der Waals surface area contributed by atoms with Gasteiger partial charge in [-0.25, -0.2) is 13.4 Å². The lowest BCUT2D eigenvalue weighted by molar-refractivity contribution is 0.0939. The number of hydrogen-bond donors (Lipinski definition) is 1. The van der Waals surface area contributed by atoms with Gasteiger partial charge >= 0.3 is 0 Å². The molecule has 1 aromatic heterocycles. The van der Waals surface area contributed by atoms with Gasteiger partial charge in [0.05, 0.1) is 23.0 Å². The molecule has 0 spiro atoms. The molecule has 0 saturated carbocycles. The van der Waals surface area contributed by atoms with E-state index in [1.54, 1.807) is 24.7 Å². The highest BCUT2D eigenvalue weighted by molar-refractivity contribution is 7.92. The topological polar surface area (TPSA) is 84.3 Å². The molecule has 34 heavy (non-hydrogen) atoms. The average molecular weight is 473 g/mol. The first-order valence-electron chi connectivity index (χ1n) is 11.0. The van der Waals surface area contributed by atoms with Gasteiger partial charge in [0.25, 0.3) is 15.9 Å². The van der Waals surface area contributed by atoms with Gasteiger partial charge in [-0.05, 0) is 60.9 Å². The van der Waals surface area contributed by atoms with Crippen LogP contribution in [-0.2, 0) is 16.4 Å². The summed E-state index contributed by atoms with van der Waals surface area (Å²) in [6.45, 7) is 2.29. The number of para-hydroxylation sites is 1. The fraction of sp³-hybridized carbons (Fsp3) is 0.154. The fourth-order valence-corrected chi connectivity index (χ4v) is 5.74. The fourth-order valence-electron chi connectivity index (χ4n) is 4.19. The molecule has 8 heteroatoms. The molecule has 0 fully saturated rings. The predicted molar refractivity (Wildman–Crippen MR) is 131 cm³/mol. The van der Waals surface area contributed by atoms with E-state index in [1.165, 1.54) is 16.4 Å². The second-order valence-electron chi connectivity index (χ2n) is 8.24. The molecule has 2 heterocycles. The third-order valence-corrected chi connectivity index (χ3v) is 7.88. The second-order valence-corrected chi connectivity index (χ2v) is 10.1. The third-order valence-electron chi connectivity index (χ3n) is 6.07. The lowest BCUT2D eigenvalue weighted by Crippen LogP contribution is -2.30. The number of nitrogens with one attached hydrogen (secondary N) is 1. The quantitative estimate of drug-likeness (QED) is 0.458. The SMILES string of the molecule is C[C@@H](NC(=O)c1cccc(S(=O)(=O)N2CCc3ccccc32)c1)c1ccc(-n2ccnc2)cc1. The van der Waals surface area contributed by atoms with Crippen LogP contribution >= 0.6 is 0 Å². The molecule has 3 aromatic carbocycles. The Morgan fingerprint density at radius 2 is 1.82 bits per heavy atom. The van der Waals surface area contributed by atoms with Gasteiger partial charge < -0.3 is 9.88 Å². The first-order valence-corrected chi connectivity index (χ1v) is 12.5. The summed E-state index contributed by atoms with van der Waals surface area (Å²) in [5, 5.41) is 2.96. The summed E-state index contributed by atoms with van der Waals surface area (Å²) in [5.41, 5.74) is 3.92. The zero-order chi connectivity index (χ0) is 23.7. The molecule has 4 aromatic rings. The monoisotopic (exact) mass is 472 g/mol. The van der Waals surface area contributed by atoms with Gasteiger partial charge in [-0.3, -0.25) is 9.10 Å². The van der Waals surface area contributed by atoms with E-state index in [4.69, 9.17) is 0 Å². The molecule has 0 radical (unpaired) electrons. The minimum absolute atomic E-state index is 0.106. The van der Waals surface area contributed by atoms with Crippen LogP contribution in [0.5, 0.6) is 0 Å². The maximum atomic E-state index is 13.3. The number of amides is 1. The summed E-state index contributed by atoms with van der Waals surface area (Å²) >= 11 is 0. The van der Waals surface area contributed by atoms with Crippen molar-refractivity contribution in [3.8, 4) is 5.69 Å². The molecular weight excluding hydrogens is 448 g/mol. The van der Waals surface area contributed by atoms with Gasteiger partial charge in [0.2, 0.25) is 0 Å². The van der Waals surface area contributed by atoms with Crippen molar-refractivity contribution in [2.45, 2.75) is 24.3 Å². The standard InChI is InChI=1S/C26H24N4O3S/c1-19(20-9-11-23(12-10-20)29-16-14-27-18-29)28-26(31)22-6-4-7-24(17-22)34(32,33)30-15-13-21-5-2-3-8-25(21)30/h2-12,14,16-19H,13,15H2,1H3,(H,28,31)/t19-/m1/s1. The zero-order valence-corrected chi connectivity index (χ0v) is 19.4. The lowest BCUT2D eigenvalue weighted by Gasteiger charge is -2.20. The van der Waals surface area contributed by atoms with E-state index >= 15 is 0 Å². The number of nitrogens with zero attached hydrogens (tertiary/aromatic N) is 3. The Bertz CT molecular complexity index is 1430. The van der Waals surface area contributed by atoms with Crippen molar-refractivity contribution in [2.24, 2.45) is 0 Å². The smallest absolute Gasteiger partial charge is 0.264 e. The van der Waals surface area contributed by atoms with E-state index < -0.39 is 10.0 Å². The van der Waals surface area contributed by atoms with Crippen molar-refractivity contribution in [2.75, 3.05) is 10.8 Å². The maximum absolute atomic E-state index is 13.3. The van der Waals surface area contributed by atoms with Gasteiger partial charge in [0.15, 0.2) is 0 Å². The van der Waals surface area contributed by atoms with Crippen molar-refractivity contribution in [1.29, 1.82) is 0 Å². The summed E-state index contributed by atoms with van der Waals surface area (Å²) in [6, 6.07) is 21.3. The molecule has 1 aliphatic heterocycles. The summed E-state index contributed by atoms with van der Waals surface area (Å²) in [7, 11) is -3.77. The molecule has 1 N–H and O–H groups in total. The number of sulfonamides is 1. The van der Waals surface area contributed by atoms with Crippen LogP contribution in [0.25, 0.3) is 5.69 Å². The van der Waals surface area contributed by atoms with Crippen molar-refractivity contribution < 1.29 is 13.2 Å². The Morgan fingerprint density at radius 3 is 2.59 bits per heavy atom. The number of aromatic nitrogens is 2. The van der Waals surface area contributed by atoms with Crippen LogP contribution in [-0.4, -0.2) is 30.4 Å². The number of imidazole rings is 1. The van der Waals surface area contributed by atoms with E-state index in [0.717, 1.165) is 16.8 Å². The molecule has 5 rings (SSSR count). The van der Waals surface area contributed by atoms with Crippen molar-refractivity contribution in [1.82, 2.24) is 14.9 Å². The number of hydrogen-bond acceptors (Lipinski definition) is 4. The minimum Gasteiger partial charge on any atom is -0.346 e. The van der Waals surface area contributed by atoms with Gasteiger partial charge in [-0.15, -0.1) is 0 Å². The van der Waals surface area contributed by atoms with Gasteiger partial charge in [-0.2, -0.15) is 0 Å². The normalized spacial score (nSPS) is 14.0. The Balaban J connectivity index is 1.33. The number of carbonyl (C=O) groups excluding carboxylic acids is 1. The molecule has 1 amide bonds. The van der Waals surface area contributed by atoms with E-state index in [0.29, 0.717) is 24.2 Å². The van der Waals surface area contributed by atoms with E-state index in [-0.39, 0.29) is 16.8 Å². The number of carbonyl (C=O) groups is 1. The van der Waals surface area contributed by atoms with Gasteiger partial charge in [0.1, 0.15) is 0 Å². The van der Waals surface area contributed by atoms with E-state index in [9.17, 15) is 13.2 Å². The van der Waals surface area contributed by atoms with Crippen molar-refractivity contribution >= 4 is 21.6 Å². The number of benzene rings is 3. The first kappa shape index (κ1) is 21.9. The van der Waals surface area contributed by atoms with Crippen LogP contribution in [0.4, 0.5) is 5.69 Å². The number of fused-ring (bicyclic) bond motifs is 1. The summed E-state index contributed by atoms with van der Waals surface area (Å²) in [6.07, 6.45) is 5.98. The van der Waals surface area contributed by atoms with E-state index in [2.05, 4.69) is 10.3 Å². The number of rotatable bonds is 6. The van der Waals surface area contributed by atoms with Crippen LogP contribution in [0.1, 0.15) is 34.5 Å². The highest BCUT2D eigenvalue weighted by Crippen LogP contribution is 2.32. The highest BCUT2D eigenvalue weighted by Gasteiger charge is 2.31. The van der Waals surface area contributed by atoms with Gasteiger partial charge in [0, 0.05) is 30.2 Å². The van der Waals surface area contributed by atoms with Crippen LogP contribution in [0, 0.1) is 0 Å². The van der Waals surface area contributed by atoms with Crippen LogP contribution in [0.15, 0.2) is 96.4 Å². The minimum atomic E-state index is -3.77. The van der Waals surface area contributed by atoms with Crippen LogP contribution in [0.3, 0.4) is 0 Å². The maximum Gasteiger partial charge on any atom is 0.264 e. The second kappa shape index (κ2) is 8.79. The lowest BCUT2D eigenvalue weighted by atomic mass is 10.1. The molecular formula is C26H24N4O3S. The van der Waals surface area contributed by atoms with Gasteiger partial charge in [-0.1, -0.05) is 36.4 Å². The molecule has 0 saturated heterocycles. The Labute approximate surface area is 198 Å². The Kier molecular flexibility index (Phi) is 5.67.